The molecule has 0 saturated carbocycles. The number of nitrogens with zero attached hydrogens (tertiary/aromatic N) is 1. The fourth-order valence-electron chi connectivity index (χ4n) is 1.81. The number of aryl methyl sites for hydroxylation is 1. The van der Waals surface area contributed by atoms with Crippen molar-refractivity contribution in [3.8, 4) is 0 Å². The molecule has 4 heteroatoms. The van der Waals surface area contributed by atoms with E-state index in [2.05, 4.69) is 35.1 Å². The minimum absolute atomic E-state index is 0.0150. The van der Waals surface area contributed by atoms with E-state index < -0.39 is 0 Å². The Labute approximate surface area is 112 Å². The molecule has 0 radical (unpaired) electrons. The lowest BCUT2D eigenvalue weighted by molar-refractivity contribution is 0.0928. The molecule has 3 nitrogen and oxygen atoms in total. The Bertz CT molecular complexity index is 373. The van der Waals surface area contributed by atoms with Gasteiger partial charge in [-0.3, -0.25) is 4.79 Å². The summed E-state index contributed by atoms with van der Waals surface area (Å²) in [6.07, 6.45) is 5.29. The first-order chi connectivity index (χ1) is 8.08. The molecule has 1 N–H and O–H groups in total. The third-order valence-electron chi connectivity index (χ3n) is 2.80. The molecule has 96 valence electrons. The van der Waals surface area contributed by atoms with Gasteiger partial charge in [0.1, 0.15) is 5.69 Å². The maximum atomic E-state index is 12.1. The Morgan fingerprint density at radius 1 is 1.53 bits per heavy atom. The van der Waals surface area contributed by atoms with Crippen LogP contribution in [0.5, 0.6) is 0 Å². The summed E-state index contributed by atoms with van der Waals surface area (Å²) in [5, 5.41) is 3.04. The van der Waals surface area contributed by atoms with Gasteiger partial charge in [-0.1, -0.05) is 19.8 Å². The standard InChI is InChI=1S/C13H21BrN2O/c1-4-6-7-10(3)15-13(17)12-8-11(14)9-16(12)5-2/h8-10H,4-7H2,1-3H3,(H,15,17). The average molecular weight is 301 g/mol. The fraction of sp³-hybridized carbons (Fsp3) is 0.615. The van der Waals surface area contributed by atoms with E-state index in [4.69, 9.17) is 0 Å². The number of carbonyl (C=O) groups excluding carboxylic acids is 1. The van der Waals surface area contributed by atoms with Crippen LogP contribution in [-0.4, -0.2) is 16.5 Å². The third kappa shape index (κ3) is 4.19. The molecule has 0 aliphatic heterocycles. The van der Waals surface area contributed by atoms with Crippen LogP contribution in [0.4, 0.5) is 0 Å². The number of rotatable bonds is 6. The van der Waals surface area contributed by atoms with Crippen LogP contribution in [0, 0.1) is 0 Å². The van der Waals surface area contributed by atoms with Crippen molar-refractivity contribution in [2.75, 3.05) is 0 Å². The first-order valence-corrected chi connectivity index (χ1v) is 7.04. The molecular weight excluding hydrogens is 280 g/mol. The van der Waals surface area contributed by atoms with Crippen LogP contribution in [0.3, 0.4) is 0 Å². The predicted molar refractivity (Wildman–Crippen MR) is 74.3 cm³/mol. The molecule has 1 aromatic heterocycles. The van der Waals surface area contributed by atoms with Gasteiger partial charge >= 0.3 is 0 Å². The second kappa shape index (κ2) is 6.84. The van der Waals surface area contributed by atoms with Gasteiger partial charge in [-0.25, -0.2) is 0 Å². The van der Waals surface area contributed by atoms with E-state index in [-0.39, 0.29) is 11.9 Å². The van der Waals surface area contributed by atoms with E-state index in [1.165, 1.54) is 0 Å². The zero-order valence-electron chi connectivity index (χ0n) is 10.8. The maximum Gasteiger partial charge on any atom is 0.268 e. The lowest BCUT2D eigenvalue weighted by Gasteiger charge is -2.14. The van der Waals surface area contributed by atoms with Gasteiger partial charge < -0.3 is 9.88 Å². The van der Waals surface area contributed by atoms with Crippen molar-refractivity contribution in [3.05, 3.63) is 22.4 Å². The van der Waals surface area contributed by atoms with E-state index in [9.17, 15) is 4.79 Å². The summed E-state index contributed by atoms with van der Waals surface area (Å²) >= 11 is 3.40. The number of nitrogens with one attached hydrogen (secondary N) is 1. The number of amides is 1. The van der Waals surface area contributed by atoms with Gasteiger partial charge in [0.05, 0.1) is 0 Å². The largest absolute Gasteiger partial charge is 0.348 e. The lowest BCUT2D eigenvalue weighted by atomic mass is 10.1. The lowest BCUT2D eigenvalue weighted by Crippen LogP contribution is -2.33. The second-order valence-corrected chi connectivity index (χ2v) is 5.26. The molecule has 1 amide bonds. The minimum atomic E-state index is 0.0150. The molecule has 0 aliphatic carbocycles. The van der Waals surface area contributed by atoms with Crippen molar-refractivity contribution in [2.45, 2.75) is 52.6 Å². The summed E-state index contributed by atoms with van der Waals surface area (Å²) in [6.45, 7) is 7.05. The Balaban J connectivity index is 2.62. The SMILES string of the molecule is CCCCC(C)NC(=O)c1cc(Br)cn1CC. The number of carbonyl (C=O) groups is 1. The van der Waals surface area contributed by atoms with Crippen molar-refractivity contribution < 1.29 is 4.79 Å². The summed E-state index contributed by atoms with van der Waals surface area (Å²) in [6, 6.07) is 2.10. The van der Waals surface area contributed by atoms with Crippen LogP contribution in [0.2, 0.25) is 0 Å². The van der Waals surface area contributed by atoms with Crippen molar-refractivity contribution >= 4 is 21.8 Å². The zero-order chi connectivity index (χ0) is 12.8. The topological polar surface area (TPSA) is 34.0 Å². The van der Waals surface area contributed by atoms with Gasteiger partial charge in [0.2, 0.25) is 0 Å². The number of hydrogen-bond acceptors (Lipinski definition) is 1. The van der Waals surface area contributed by atoms with E-state index in [0.29, 0.717) is 0 Å². The first-order valence-electron chi connectivity index (χ1n) is 6.25. The molecule has 1 aromatic rings. The van der Waals surface area contributed by atoms with Gasteiger partial charge in [0.15, 0.2) is 0 Å². The smallest absolute Gasteiger partial charge is 0.268 e. The summed E-state index contributed by atoms with van der Waals surface area (Å²) in [4.78, 5) is 12.1. The summed E-state index contributed by atoms with van der Waals surface area (Å²) in [7, 11) is 0. The molecule has 17 heavy (non-hydrogen) atoms. The van der Waals surface area contributed by atoms with Crippen LogP contribution >= 0.6 is 15.9 Å². The van der Waals surface area contributed by atoms with Gasteiger partial charge in [-0.05, 0) is 42.3 Å². The van der Waals surface area contributed by atoms with E-state index in [1.807, 2.05) is 23.8 Å². The van der Waals surface area contributed by atoms with Gasteiger partial charge in [-0.2, -0.15) is 0 Å². The van der Waals surface area contributed by atoms with E-state index >= 15 is 0 Å². The minimum Gasteiger partial charge on any atom is -0.348 e. The third-order valence-corrected chi connectivity index (χ3v) is 3.24. The quantitative estimate of drug-likeness (QED) is 0.856. The molecule has 0 fully saturated rings. The summed E-state index contributed by atoms with van der Waals surface area (Å²) < 4.78 is 2.90. The van der Waals surface area contributed by atoms with Gasteiger partial charge in [0.25, 0.3) is 5.91 Å². The predicted octanol–water partition coefficient (Wildman–Crippen LogP) is 3.58. The second-order valence-electron chi connectivity index (χ2n) is 4.35. The number of aromatic nitrogens is 1. The Morgan fingerprint density at radius 3 is 2.82 bits per heavy atom. The number of halogens is 1. The van der Waals surface area contributed by atoms with Crippen molar-refractivity contribution in [2.24, 2.45) is 0 Å². The summed E-state index contributed by atoms with van der Waals surface area (Å²) in [5.41, 5.74) is 0.725. The molecule has 0 aromatic carbocycles. The normalized spacial score (nSPS) is 12.5. The fourth-order valence-corrected chi connectivity index (χ4v) is 2.27. The highest BCUT2D eigenvalue weighted by Crippen LogP contribution is 2.15. The summed E-state index contributed by atoms with van der Waals surface area (Å²) in [5.74, 6) is 0.0150. The molecule has 0 aliphatic rings. The van der Waals surface area contributed by atoms with Gasteiger partial charge in [0, 0.05) is 23.3 Å². The molecule has 0 bridgehead atoms. The molecule has 1 atom stereocenters. The average Bonchev–Trinajstić information content (AvgIpc) is 2.67. The zero-order valence-corrected chi connectivity index (χ0v) is 12.4. The highest BCUT2D eigenvalue weighted by molar-refractivity contribution is 9.10. The van der Waals surface area contributed by atoms with Crippen LogP contribution in [0.1, 0.15) is 50.5 Å². The number of unbranched alkanes of at least 4 members (excludes halogenated alkanes) is 1. The van der Waals surface area contributed by atoms with Crippen LogP contribution < -0.4 is 5.32 Å². The molecule has 0 spiro atoms. The van der Waals surface area contributed by atoms with Crippen molar-refractivity contribution in [3.63, 3.8) is 0 Å². The van der Waals surface area contributed by atoms with Crippen LogP contribution in [-0.2, 0) is 6.54 Å². The maximum absolute atomic E-state index is 12.1. The van der Waals surface area contributed by atoms with Crippen molar-refractivity contribution in [1.82, 2.24) is 9.88 Å². The van der Waals surface area contributed by atoms with Crippen molar-refractivity contribution in [1.29, 1.82) is 0 Å². The van der Waals surface area contributed by atoms with Crippen LogP contribution in [0.15, 0.2) is 16.7 Å². The Morgan fingerprint density at radius 2 is 2.24 bits per heavy atom. The first kappa shape index (κ1) is 14.3. The Kier molecular flexibility index (Phi) is 5.75. The Hall–Kier alpha value is -0.770. The molecular formula is C13H21BrN2O. The molecule has 0 saturated heterocycles. The highest BCUT2D eigenvalue weighted by Gasteiger charge is 2.14. The van der Waals surface area contributed by atoms with E-state index in [1.54, 1.807) is 0 Å². The van der Waals surface area contributed by atoms with Crippen LogP contribution in [0.25, 0.3) is 0 Å². The van der Waals surface area contributed by atoms with E-state index in [0.717, 1.165) is 36.0 Å². The molecule has 1 unspecified atom stereocenters. The van der Waals surface area contributed by atoms with Gasteiger partial charge in [-0.15, -0.1) is 0 Å². The molecule has 1 heterocycles. The molecule has 1 rings (SSSR count). The monoisotopic (exact) mass is 300 g/mol. The number of hydrogen-bond donors (Lipinski definition) is 1. The highest BCUT2D eigenvalue weighted by atomic mass is 79.9.